The Morgan fingerprint density at radius 1 is 1.13 bits per heavy atom. The number of nitrogens with zero attached hydrogens (tertiary/aromatic N) is 2. The average Bonchev–Trinajstić information content (AvgIpc) is 2.31. The minimum atomic E-state index is 0.0203. The van der Waals surface area contributed by atoms with Crippen molar-refractivity contribution in [2.24, 2.45) is 12.5 Å². The lowest BCUT2D eigenvalue weighted by Gasteiger charge is -2.38. The molecule has 0 aliphatic carbocycles. The van der Waals surface area contributed by atoms with E-state index in [-0.39, 0.29) is 10.8 Å². The predicted octanol–water partition coefficient (Wildman–Crippen LogP) is 2.63. The lowest BCUT2D eigenvalue weighted by Crippen LogP contribution is -2.35. The first-order chi connectivity index (χ1) is 6.59. The maximum atomic E-state index is 5.94. The number of hydrogen-bond acceptors (Lipinski definition) is 2. The van der Waals surface area contributed by atoms with E-state index in [1.807, 2.05) is 14.0 Å². The zero-order valence-electron chi connectivity index (χ0n) is 11.0. The number of aromatic nitrogens is 2. The number of anilines is 1. The van der Waals surface area contributed by atoms with Gasteiger partial charge in [0.25, 0.3) is 0 Å². The lowest BCUT2D eigenvalue weighted by molar-refractivity contribution is 0.217. The van der Waals surface area contributed by atoms with Crippen LogP contribution in [0.3, 0.4) is 0 Å². The van der Waals surface area contributed by atoms with Crippen LogP contribution >= 0.6 is 0 Å². The highest BCUT2D eigenvalue weighted by Gasteiger charge is 2.38. The van der Waals surface area contributed by atoms with Gasteiger partial charge in [0.2, 0.25) is 0 Å². The van der Waals surface area contributed by atoms with Crippen LogP contribution in [0, 0.1) is 12.3 Å². The van der Waals surface area contributed by atoms with Crippen LogP contribution in [-0.4, -0.2) is 9.78 Å². The molecule has 0 aromatic carbocycles. The van der Waals surface area contributed by atoms with Gasteiger partial charge >= 0.3 is 0 Å². The van der Waals surface area contributed by atoms with Crippen LogP contribution in [0.15, 0.2) is 0 Å². The second-order valence-corrected chi connectivity index (χ2v) is 5.86. The summed E-state index contributed by atoms with van der Waals surface area (Å²) in [5, 5.41) is 4.54. The molecule has 0 atom stereocenters. The molecule has 1 aromatic rings. The summed E-state index contributed by atoms with van der Waals surface area (Å²) in [6, 6.07) is 0. The van der Waals surface area contributed by atoms with Crippen LogP contribution in [0.1, 0.15) is 45.9 Å². The van der Waals surface area contributed by atoms with Gasteiger partial charge in [-0.2, -0.15) is 5.10 Å². The van der Waals surface area contributed by atoms with E-state index < -0.39 is 0 Å². The van der Waals surface area contributed by atoms with Crippen LogP contribution in [0.25, 0.3) is 0 Å². The number of nitrogen functional groups attached to an aromatic ring is 1. The van der Waals surface area contributed by atoms with Gasteiger partial charge in [-0.25, -0.2) is 0 Å². The largest absolute Gasteiger partial charge is 0.384 e. The van der Waals surface area contributed by atoms with Gasteiger partial charge in [0.15, 0.2) is 0 Å². The first-order valence-corrected chi connectivity index (χ1v) is 5.38. The summed E-state index contributed by atoms with van der Waals surface area (Å²) in [6.45, 7) is 13.2. The topological polar surface area (TPSA) is 43.8 Å². The van der Waals surface area contributed by atoms with Gasteiger partial charge < -0.3 is 5.73 Å². The number of nitrogens with two attached hydrogens (primary N) is 1. The first kappa shape index (κ1) is 12.1. The van der Waals surface area contributed by atoms with Crippen molar-refractivity contribution < 1.29 is 0 Å². The standard InChI is InChI=1S/C12H23N3/c1-8-9(14-15(7)10(8)13)12(5,6)11(2,3)4/h13H2,1-7H3. The smallest absolute Gasteiger partial charge is 0.124 e. The predicted molar refractivity (Wildman–Crippen MR) is 64.8 cm³/mol. The van der Waals surface area contributed by atoms with Crippen LogP contribution in [0.2, 0.25) is 0 Å². The first-order valence-electron chi connectivity index (χ1n) is 5.38. The van der Waals surface area contributed by atoms with Gasteiger partial charge in [-0.05, 0) is 12.3 Å². The van der Waals surface area contributed by atoms with Crippen LogP contribution in [-0.2, 0) is 12.5 Å². The normalized spacial score (nSPS) is 13.3. The molecule has 2 N–H and O–H groups in total. The van der Waals surface area contributed by atoms with Gasteiger partial charge in [-0.15, -0.1) is 0 Å². The third-order valence-electron chi connectivity index (χ3n) is 3.81. The molecule has 1 rings (SSSR count). The molecule has 0 bridgehead atoms. The quantitative estimate of drug-likeness (QED) is 0.772. The van der Waals surface area contributed by atoms with Crippen molar-refractivity contribution in [3.8, 4) is 0 Å². The highest BCUT2D eigenvalue weighted by Crippen LogP contribution is 2.42. The number of hydrogen-bond donors (Lipinski definition) is 1. The van der Waals surface area contributed by atoms with Crippen molar-refractivity contribution >= 4 is 5.82 Å². The van der Waals surface area contributed by atoms with Crippen molar-refractivity contribution in [1.82, 2.24) is 9.78 Å². The second kappa shape index (κ2) is 3.26. The highest BCUT2D eigenvalue weighted by atomic mass is 15.3. The Morgan fingerprint density at radius 3 is 1.87 bits per heavy atom. The maximum absolute atomic E-state index is 5.94. The van der Waals surface area contributed by atoms with Crippen molar-refractivity contribution in [1.29, 1.82) is 0 Å². The van der Waals surface area contributed by atoms with E-state index in [0.29, 0.717) is 0 Å². The summed E-state index contributed by atoms with van der Waals surface area (Å²) in [5.41, 5.74) is 8.34. The Kier molecular flexibility index (Phi) is 2.62. The number of aryl methyl sites for hydroxylation is 1. The highest BCUT2D eigenvalue weighted by molar-refractivity contribution is 5.45. The van der Waals surface area contributed by atoms with E-state index in [4.69, 9.17) is 5.73 Å². The van der Waals surface area contributed by atoms with E-state index in [1.165, 1.54) is 0 Å². The molecular formula is C12H23N3. The molecule has 0 aliphatic rings. The maximum Gasteiger partial charge on any atom is 0.124 e. The average molecular weight is 209 g/mol. The summed E-state index contributed by atoms with van der Waals surface area (Å²) >= 11 is 0. The second-order valence-electron chi connectivity index (χ2n) is 5.86. The summed E-state index contributed by atoms with van der Waals surface area (Å²) in [6.07, 6.45) is 0. The Bertz CT molecular complexity index is 367. The van der Waals surface area contributed by atoms with Gasteiger partial charge in [-0.1, -0.05) is 34.6 Å². The fourth-order valence-corrected chi connectivity index (χ4v) is 1.59. The summed E-state index contributed by atoms with van der Waals surface area (Å²) in [7, 11) is 1.89. The molecule has 1 heterocycles. The van der Waals surface area contributed by atoms with Crippen molar-refractivity contribution in [3.63, 3.8) is 0 Å². The molecule has 0 aliphatic heterocycles. The van der Waals surface area contributed by atoms with E-state index in [1.54, 1.807) is 4.68 Å². The fraction of sp³-hybridized carbons (Fsp3) is 0.750. The number of rotatable bonds is 1. The molecule has 15 heavy (non-hydrogen) atoms. The van der Waals surface area contributed by atoms with Crippen LogP contribution in [0.5, 0.6) is 0 Å². The van der Waals surface area contributed by atoms with Crippen molar-refractivity contribution in [3.05, 3.63) is 11.3 Å². The fourth-order valence-electron chi connectivity index (χ4n) is 1.59. The zero-order chi connectivity index (χ0) is 12.0. The molecule has 0 amide bonds. The monoisotopic (exact) mass is 209 g/mol. The molecule has 0 saturated heterocycles. The minimum absolute atomic E-state index is 0.0203. The van der Waals surface area contributed by atoms with E-state index in [0.717, 1.165) is 17.1 Å². The molecule has 0 saturated carbocycles. The third kappa shape index (κ3) is 1.75. The summed E-state index contributed by atoms with van der Waals surface area (Å²) in [5.74, 6) is 0.766. The summed E-state index contributed by atoms with van der Waals surface area (Å²) < 4.78 is 1.76. The summed E-state index contributed by atoms with van der Waals surface area (Å²) in [4.78, 5) is 0. The van der Waals surface area contributed by atoms with Crippen molar-refractivity contribution in [2.45, 2.75) is 47.0 Å². The van der Waals surface area contributed by atoms with Crippen LogP contribution in [0.4, 0.5) is 5.82 Å². The lowest BCUT2D eigenvalue weighted by atomic mass is 9.66. The molecule has 3 nitrogen and oxygen atoms in total. The van der Waals surface area contributed by atoms with E-state index >= 15 is 0 Å². The van der Waals surface area contributed by atoms with Gasteiger partial charge in [0.05, 0.1) is 5.69 Å². The van der Waals surface area contributed by atoms with Gasteiger partial charge in [0.1, 0.15) is 5.82 Å². The van der Waals surface area contributed by atoms with Crippen molar-refractivity contribution in [2.75, 3.05) is 5.73 Å². The Morgan fingerprint density at radius 2 is 1.60 bits per heavy atom. The van der Waals surface area contributed by atoms with Crippen LogP contribution < -0.4 is 5.73 Å². The molecule has 86 valence electrons. The van der Waals surface area contributed by atoms with Gasteiger partial charge in [0, 0.05) is 18.0 Å². The molecule has 0 fully saturated rings. The molecule has 0 unspecified atom stereocenters. The molecule has 3 heteroatoms. The van der Waals surface area contributed by atoms with E-state index in [2.05, 4.69) is 39.7 Å². The minimum Gasteiger partial charge on any atom is -0.384 e. The Balaban J connectivity index is 3.34. The molecule has 0 spiro atoms. The van der Waals surface area contributed by atoms with E-state index in [9.17, 15) is 0 Å². The molecular weight excluding hydrogens is 186 g/mol. The van der Waals surface area contributed by atoms with Gasteiger partial charge in [-0.3, -0.25) is 4.68 Å². The Labute approximate surface area is 92.7 Å². The Hall–Kier alpha value is -0.990. The molecule has 0 radical (unpaired) electrons. The SMILES string of the molecule is Cc1c(C(C)(C)C(C)(C)C)nn(C)c1N. The third-order valence-corrected chi connectivity index (χ3v) is 3.81. The molecule has 1 aromatic heterocycles. The zero-order valence-corrected chi connectivity index (χ0v) is 11.0.